The molecule has 1 aliphatic rings. The molecule has 0 aromatic heterocycles. The summed E-state index contributed by atoms with van der Waals surface area (Å²) in [6.07, 6.45) is 3.61. The summed E-state index contributed by atoms with van der Waals surface area (Å²) in [4.78, 5) is 4.88. The highest BCUT2D eigenvalue weighted by atomic mass is 16.3. The molecular formula is C15H33N3O. The lowest BCUT2D eigenvalue weighted by molar-refractivity contribution is 0.111. The van der Waals surface area contributed by atoms with Crippen LogP contribution in [-0.4, -0.2) is 73.9 Å². The van der Waals surface area contributed by atoms with E-state index in [0.29, 0.717) is 6.04 Å². The van der Waals surface area contributed by atoms with Gasteiger partial charge in [-0.3, -0.25) is 0 Å². The fourth-order valence-electron chi connectivity index (χ4n) is 2.89. The van der Waals surface area contributed by atoms with Crippen LogP contribution in [0.15, 0.2) is 0 Å². The number of piperidine rings is 1. The van der Waals surface area contributed by atoms with Crippen LogP contribution >= 0.6 is 0 Å². The summed E-state index contributed by atoms with van der Waals surface area (Å²) < 4.78 is 0. The van der Waals surface area contributed by atoms with Crippen LogP contribution in [0.1, 0.15) is 33.1 Å². The fraction of sp³-hybridized carbons (Fsp3) is 1.00. The van der Waals surface area contributed by atoms with E-state index in [1.54, 1.807) is 0 Å². The third-order valence-electron chi connectivity index (χ3n) is 4.84. The maximum Gasteiger partial charge on any atom is 0.0611 e. The average Bonchev–Trinajstić information content (AvgIpc) is 2.41. The summed E-state index contributed by atoms with van der Waals surface area (Å²) >= 11 is 0. The van der Waals surface area contributed by atoms with Gasteiger partial charge in [-0.1, -0.05) is 0 Å². The van der Waals surface area contributed by atoms with Crippen molar-refractivity contribution in [2.24, 2.45) is 5.92 Å². The average molecular weight is 271 g/mol. The van der Waals surface area contributed by atoms with Crippen LogP contribution < -0.4 is 5.32 Å². The third kappa shape index (κ3) is 5.38. The molecule has 4 heteroatoms. The molecule has 0 spiro atoms. The largest absolute Gasteiger partial charge is 0.394 e. The molecule has 0 amide bonds. The normalized spacial score (nSPS) is 23.5. The van der Waals surface area contributed by atoms with E-state index in [2.05, 4.69) is 43.1 Å². The molecule has 1 heterocycles. The van der Waals surface area contributed by atoms with E-state index in [1.165, 1.54) is 32.5 Å². The highest BCUT2D eigenvalue weighted by Gasteiger charge is 2.27. The van der Waals surface area contributed by atoms with E-state index in [1.807, 2.05) is 7.05 Å². The zero-order valence-corrected chi connectivity index (χ0v) is 13.4. The third-order valence-corrected chi connectivity index (χ3v) is 4.84. The minimum absolute atomic E-state index is 0.166. The number of hydrogen-bond acceptors (Lipinski definition) is 4. The van der Waals surface area contributed by atoms with E-state index in [-0.39, 0.29) is 12.1 Å². The van der Waals surface area contributed by atoms with Crippen LogP contribution in [0.5, 0.6) is 0 Å². The topological polar surface area (TPSA) is 38.7 Å². The van der Waals surface area contributed by atoms with E-state index in [9.17, 15) is 5.11 Å². The predicted molar refractivity (Wildman–Crippen MR) is 81.5 cm³/mol. The zero-order valence-electron chi connectivity index (χ0n) is 13.4. The van der Waals surface area contributed by atoms with Crippen molar-refractivity contribution in [2.45, 2.75) is 44.7 Å². The zero-order chi connectivity index (χ0) is 14.5. The van der Waals surface area contributed by atoms with Gasteiger partial charge in [-0.25, -0.2) is 0 Å². The number of nitrogens with zero attached hydrogens (tertiary/aromatic N) is 2. The minimum atomic E-state index is -0.166. The number of likely N-dealkylation sites (tertiary alicyclic amines) is 1. The predicted octanol–water partition coefficient (Wildman–Crippen LogP) is 1.01. The first kappa shape index (κ1) is 16.9. The Kier molecular flexibility index (Phi) is 6.74. The minimum Gasteiger partial charge on any atom is -0.394 e. The summed E-state index contributed by atoms with van der Waals surface area (Å²) in [5, 5.41) is 12.7. The van der Waals surface area contributed by atoms with Gasteiger partial charge < -0.3 is 20.2 Å². The van der Waals surface area contributed by atoms with Crippen LogP contribution in [0, 0.1) is 5.92 Å². The lowest BCUT2D eigenvalue weighted by Crippen LogP contribution is -2.49. The number of likely N-dealkylation sites (N-methyl/N-ethyl adjacent to an activating group) is 1. The van der Waals surface area contributed by atoms with Gasteiger partial charge in [0.25, 0.3) is 0 Å². The molecule has 0 radical (unpaired) electrons. The van der Waals surface area contributed by atoms with Crippen LogP contribution in [0.3, 0.4) is 0 Å². The smallest absolute Gasteiger partial charge is 0.0611 e. The first-order valence-electron chi connectivity index (χ1n) is 7.58. The van der Waals surface area contributed by atoms with Gasteiger partial charge in [-0.2, -0.15) is 0 Å². The van der Waals surface area contributed by atoms with Crippen molar-refractivity contribution in [3.8, 4) is 0 Å². The van der Waals surface area contributed by atoms with Crippen molar-refractivity contribution in [3.05, 3.63) is 0 Å². The maximum atomic E-state index is 9.48. The summed E-state index contributed by atoms with van der Waals surface area (Å²) in [6, 6.07) is 0.490. The second-order valence-electron chi connectivity index (χ2n) is 6.71. The van der Waals surface area contributed by atoms with Crippen molar-refractivity contribution in [2.75, 3.05) is 47.4 Å². The van der Waals surface area contributed by atoms with Gasteiger partial charge in [0.05, 0.1) is 6.61 Å². The standard InChI is InChI=1S/C15H33N3O/c1-13(10-15(2,12-19)16-3)18(5)11-14-6-8-17(4)9-7-14/h13-14,16,19H,6-12H2,1-5H3. The van der Waals surface area contributed by atoms with Crippen molar-refractivity contribution in [1.29, 1.82) is 0 Å². The summed E-state index contributed by atoms with van der Waals surface area (Å²) in [5.74, 6) is 0.832. The summed E-state index contributed by atoms with van der Waals surface area (Å²) in [5.41, 5.74) is -0.166. The van der Waals surface area contributed by atoms with Gasteiger partial charge in [0.2, 0.25) is 0 Å². The molecule has 0 aliphatic carbocycles. The second-order valence-corrected chi connectivity index (χ2v) is 6.71. The highest BCUT2D eigenvalue weighted by Crippen LogP contribution is 2.20. The second kappa shape index (κ2) is 7.58. The number of nitrogens with one attached hydrogen (secondary N) is 1. The van der Waals surface area contributed by atoms with Crippen LogP contribution in [0.4, 0.5) is 0 Å². The van der Waals surface area contributed by atoms with E-state index in [0.717, 1.165) is 12.3 Å². The fourth-order valence-corrected chi connectivity index (χ4v) is 2.89. The molecule has 0 aromatic carbocycles. The van der Waals surface area contributed by atoms with Crippen molar-refractivity contribution in [1.82, 2.24) is 15.1 Å². The summed E-state index contributed by atoms with van der Waals surface area (Å²) in [6.45, 7) is 8.19. The van der Waals surface area contributed by atoms with E-state index >= 15 is 0 Å². The Morgan fingerprint density at radius 2 is 2.00 bits per heavy atom. The lowest BCUT2D eigenvalue weighted by Gasteiger charge is -2.37. The van der Waals surface area contributed by atoms with Gasteiger partial charge in [-0.15, -0.1) is 0 Å². The van der Waals surface area contributed by atoms with Gasteiger partial charge >= 0.3 is 0 Å². The van der Waals surface area contributed by atoms with Gasteiger partial charge in [0.1, 0.15) is 0 Å². The first-order chi connectivity index (χ1) is 8.90. The van der Waals surface area contributed by atoms with Crippen LogP contribution in [0.25, 0.3) is 0 Å². The van der Waals surface area contributed by atoms with E-state index < -0.39 is 0 Å². The Morgan fingerprint density at radius 3 is 2.47 bits per heavy atom. The SMILES string of the molecule is CNC(C)(CO)CC(C)N(C)CC1CCN(C)CC1. The molecule has 114 valence electrons. The molecule has 1 aliphatic heterocycles. The lowest BCUT2D eigenvalue weighted by atomic mass is 9.92. The quantitative estimate of drug-likeness (QED) is 0.725. The Balaban J connectivity index is 2.38. The molecule has 2 N–H and O–H groups in total. The summed E-state index contributed by atoms with van der Waals surface area (Å²) in [7, 11) is 6.36. The number of aliphatic hydroxyl groups is 1. The van der Waals surface area contributed by atoms with Gasteiger partial charge in [0, 0.05) is 18.1 Å². The molecule has 0 bridgehead atoms. The molecule has 1 fully saturated rings. The number of aliphatic hydroxyl groups excluding tert-OH is 1. The molecule has 2 atom stereocenters. The number of hydrogen-bond donors (Lipinski definition) is 2. The molecule has 1 saturated heterocycles. The molecule has 1 rings (SSSR count). The van der Waals surface area contributed by atoms with Crippen molar-refractivity contribution in [3.63, 3.8) is 0 Å². The monoisotopic (exact) mass is 271 g/mol. The Bertz CT molecular complexity index is 248. The maximum absolute atomic E-state index is 9.48. The van der Waals surface area contributed by atoms with Crippen molar-refractivity contribution < 1.29 is 5.11 Å². The molecule has 0 aromatic rings. The van der Waals surface area contributed by atoms with Crippen LogP contribution in [0.2, 0.25) is 0 Å². The molecule has 2 unspecified atom stereocenters. The Labute approximate surface area is 119 Å². The molecule has 0 saturated carbocycles. The van der Waals surface area contributed by atoms with E-state index in [4.69, 9.17) is 0 Å². The Hall–Kier alpha value is -0.160. The molecule has 4 nitrogen and oxygen atoms in total. The van der Waals surface area contributed by atoms with Gasteiger partial charge in [0.15, 0.2) is 0 Å². The molecular weight excluding hydrogens is 238 g/mol. The van der Waals surface area contributed by atoms with Crippen molar-refractivity contribution >= 4 is 0 Å². The highest BCUT2D eigenvalue weighted by molar-refractivity contribution is 4.86. The first-order valence-corrected chi connectivity index (χ1v) is 7.58. The molecule has 19 heavy (non-hydrogen) atoms. The Morgan fingerprint density at radius 1 is 1.42 bits per heavy atom. The van der Waals surface area contributed by atoms with Gasteiger partial charge in [-0.05, 0) is 73.3 Å². The number of rotatable bonds is 7. The van der Waals surface area contributed by atoms with Crippen LogP contribution in [-0.2, 0) is 0 Å².